The molecule has 2 aromatic rings. The third-order valence-electron chi connectivity index (χ3n) is 6.60. The molecule has 0 aliphatic rings. The molecule has 2 N–H and O–H groups in total. The Labute approximate surface area is 205 Å². The standard InChI is InChI=1S/C30H47N.ClH/c31-27-21-13-11-9-7-5-3-1-2-4-6-8-10-12-20-26-30(28-22-16-14-17-23-28)29-24-18-15-19-25-29;/h14-19,22-25,30H,1-13,20-21,26-27,31H2;1H. The first-order valence-corrected chi connectivity index (χ1v) is 13.2. The SMILES string of the molecule is Cl.NCCCCCCCCCCCCCCCCCC(c1ccccc1)c1ccccc1. The summed E-state index contributed by atoms with van der Waals surface area (Å²) in [4.78, 5) is 0. The predicted octanol–water partition coefficient (Wildman–Crippen LogP) is 9.44. The van der Waals surface area contributed by atoms with E-state index in [9.17, 15) is 0 Å². The number of halogens is 1. The van der Waals surface area contributed by atoms with Crippen LogP contribution in [-0.4, -0.2) is 6.54 Å². The van der Waals surface area contributed by atoms with Gasteiger partial charge < -0.3 is 5.73 Å². The van der Waals surface area contributed by atoms with E-state index < -0.39 is 0 Å². The lowest BCUT2D eigenvalue weighted by molar-refractivity contribution is 0.524. The smallest absolute Gasteiger partial charge is 0.00893 e. The second kappa shape index (κ2) is 20.3. The first kappa shape index (κ1) is 28.7. The van der Waals surface area contributed by atoms with Gasteiger partial charge in [-0.1, -0.05) is 151 Å². The molecule has 0 spiro atoms. The van der Waals surface area contributed by atoms with Gasteiger partial charge in [0.05, 0.1) is 0 Å². The van der Waals surface area contributed by atoms with Crippen LogP contribution in [0.3, 0.4) is 0 Å². The highest BCUT2D eigenvalue weighted by Gasteiger charge is 2.13. The van der Waals surface area contributed by atoms with Gasteiger partial charge in [-0.2, -0.15) is 0 Å². The second-order valence-electron chi connectivity index (χ2n) is 9.25. The van der Waals surface area contributed by atoms with Crippen molar-refractivity contribution < 1.29 is 0 Å². The normalized spacial score (nSPS) is 10.9. The summed E-state index contributed by atoms with van der Waals surface area (Å²) in [6, 6.07) is 22.1. The molecule has 1 nitrogen and oxygen atoms in total. The Morgan fingerprint density at radius 1 is 0.438 bits per heavy atom. The number of hydrogen-bond acceptors (Lipinski definition) is 1. The van der Waals surface area contributed by atoms with Gasteiger partial charge in [0.25, 0.3) is 0 Å². The van der Waals surface area contributed by atoms with E-state index in [4.69, 9.17) is 5.73 Å². The van der Waals surface area contributed by atoms with E-state index in [2.05, 4.69) is 60.7 Å². The van der Waals surface area contributed by atoms with Gasteiger partial charge in [-0.3, -0.25) is 0 Å². The molecule has 0 bridgehead atoms. The highest BCUT2D eigenvalue weighted by atomic mass is 35.5. The quantitative estimate of drug-likeness (QED) is 0.209. The Balaban J connectivity index is 0.00000512. The minimum atomic E-state index is 0. The topological polar surface area (TPSA) is 26.0 Å². The number of benzene rings is 2. The van der Waals surface area contributed by atoms with Crippen LogP contribution >= 0.6 is 12.4 Å². The molecule has 2 rings (SSSR count). The summed E-state index contributed by atoms with van der Waals surface area (Å²) in [5, 5.41) is 0. The number of hydrogen-bond donors (Lipinski definition) is 1. The van der Waals surface area contributed by atoms with Crippen molar-refractivity contribution in [2.45, 2.75) is 109 Å². The van der Waals surface area contributed by atoms with Gasteiger partial charge in [-0.15, -0.1) is 12.4 Å². The van der Waals surface area contributed by atoms with Crippen LogP contribution in [0.4, 0.5) is 0 Å². The minimum Gasteiger partial charge on any atom is -0.330 e. The molecular weight excluding hydrogens is 410 g/mol. The van der Waals surface area contributed by atoms with Crippen molar-refractivity contribution in [3.63, 3.8) is 0 Å². The summed E-state index contributed by atoms with van der Waals surface area (Å²) in [6.07, 6.45) is 22.2. The van der Waals surface area contributed by atoms with Gasteiger partial charge in [-0.25, -0.2) is 0 Å². The average Bonchev–Trinajstić information content (AvgIpc) is 2.82. The van der Waals surface area contributed by atoms with Gasteiger partial charge in [0, 0.05) is 5.92 Å². The number of nitrogens with two attached hydrogens (primary N) is 1. The second-order valence-corrected chi connectivity index (χ2v) is 9.25. The average molecular weight is 458 g/mol. The monoisotopic (exact) mass is 457 g/mol. The summed E-state index contributed by atoms with van der Waals surface area (Å²) in [7, 11) is 0. The Hall–Kier alpha value is -1.31. The van der Waals surface area contributed by atoms with Gasteiger partial charge in [0.2, 0.25) is 0 Å². The Bertz CT molecular complexity index is 588. The molecule has 0 unspecified atom stereocenters. The summed E-state index contributed by atoms with van der Waals surface area (Å²) in [5.74, 6) is 0.545. The molecule has 0 saturated heterocycles. The zero-order valence-corrected chi connectivity index (χ0v) is 21.2. The summed E-state index contributed by atoms with van der Waals surface area (Å²) >= 11 is 0. The highest BCUT2D eigenvalue weighted by molar-refractivity contribution is 5.85. The molecule has 0 amide bonds. The first-order chi connectivity index (χ1) is 15.4. The fourth-order valence-corrected chi connectivity index (χ4v) is 4.69. The van der Waals surface area contributed by atoms with Crippen LogP contribution < -0.4 is 5.73 Å². The van der Waals surface area contributed by atoms with E-state index in [0.29, 0.717) is 5.92 Å². The lowest BCUT2D eigenvalue weighted by Crippen LogP contribution is -2.01. The van der Waals surface area contributed by atoms with Crippen molar-refractivity contribution in [1.29, 1.82) is 0 Å². The lowest BCUT2D eigenvalue weighted by atomic mass is 9.87. The zero-order valence-electron chi connectivity index (χ0n) is 20.4. The van der Waals surface area contributed by atoms with Crippen molar-refractivity contribution in [1.82, 2.24) is 0 Å². The van der Waals surface area contributed by atoms with E-state index in [0.717, 1.165) is 6.54 Å². The van der Waals surface area contributed by atoms with Crippen LogP contribution in [0.5, 0.6) is 0 Å². The predicted molar refractivity (Wildman–Crippen MR) is 145 cm³/mol. The van der Waals surface area contributed by atoms with Crippen molar-refractivity contribution in [3.8, 4) is 0 Å². The number of rotatable bonds is 19. The van der Waals surface area contributed by atoms with Crippen LogP contribution in [-0.2, 0) is 0 Å². The molecule has 0 aliphatic carbocycles. The fraction of sp³-hybridized carbons (Fsp3) is 0.600. The van der Waals surface area contributed by atoms with E-state index in [-0.39, 0.29) is 12.4 Å². The van der Waals surface area contributed by atoms with Crippen LogP contribution in [0, 0.1) is 0 Å². The van der Waals surface area contributed by atoms with Crippen molar-refractivity contribution in [2.75, 3.05) is 6.54 Å². The molecule has 0 aliphatic heterocycles. The minimum absolute atomic E-state index is 0. The van der Waals surface area contributed by atoms with Crippen molar-refractivity contribution in [2.24, 2.45) is 5.73 Å². The Morgan fingerprint density at radius 2 is 0.750 bits per heavy atom. The maximum atomic E-state index is 5.54. The highest BCUT2D eigenvalue weighted by Crippen LogP contribution is 2.30. The van der Waals surface area contributed by atoms with E-state index in [1.165, 1.54) is 114 Å². The van der Waals surface area contributed by atoms with E-state index >= 15 is 0 Å². The van der Waals surface area contributed by atoms with Crippen molar-refractivity contribution in [3.05, 3.63) is 71.8 Å². The zero-order chi connectivity index (χ0) is 21.8. The summed E-state index contributed by atoms with van der Waals surface area (Å²) in [5.41, 5.74) is 8.46. The molecule has 0 fully saturated rings. The van der Waals surface area contributed by atoms with Gasteiger partial charge in [0.1, 0.15) is 0 Å². The molecule has 0 heterocycles. The molecule has 180 valence electrons. The van der Waals surface area contributed by atoms with Gasteiger partial charge >= 0.3 is 0 Å². The molecule has 2 aromatic carbocycles. The third-order valence-corrected chi connectivity index (χ3v) is 6.60. The summed E-state index contributed by atoms with van der Waals surface area (Å²) < 4.78 is 0. The third kappa shape index (κ3) is 13.3. The van der Waals surface area contributed by atoms with Gasteiger partial charge in [-0.05, 0) is 30.5 Å². The number of unbranched alkanes of at least 4 members (excludes halogenated alkanes) is 14. The Morgan fingerprint density at radius 3 is 1.09 bits per heavy atom. The van der Waals surface area contributed by atoms with Crippen LogP contribution in [0.2, 0.25) is 0 Å². The van der Waals surface area contributed by atoms with E-state index in [1.54, 1.807) is 0 Å². The molecule has 0 radical (unpaired) electrons. The first-order valence-electron chi connectivity index (χ1n) is 13.2. The van der Waals surface area contributed by atoms with Crippen molar-refractivity contribution >= 4 is 12.4 Å². The largest absolute Gasteiger partial charge is 0.330 e. The maximum absolute atomic E-state index is 5.54. The molecule has 0 aromatic heterocycles. The van der Waals surface area contributed by atoms with E-state index in [1.807, 2.05) is 0 Å². The molecule has 0 atom stereocenters. The summed E-state index contributed by atoms with van der Waals surface area (Å²) in [6.45, 7) is 0.863. The maximum Gasteiger partial charge on any atom is 0.00893 e. The molecule has 2 heteroatoms. The molecule has 0 saturated carbocycles. The van der Waals surface area contributed by atoms with Crippen LogP contribution in [0.15, 0.2) is 60.7 Å². The van der Waals surface area contributed by atoms with Gasteiger partial charge in [0.15, 0.2) is 0 Å². The molecular formula is C30H48ClN. The fourth-order valence-electron chi connectivity index (χ4n) is 4.69. The van der Waals surface area contributed by atoms with Crippen LogP contribution in [0.1, 0.15) is 120 Å². The van der Waals surface area contributed by atoms with Crippen LogP contribution in [0.25, 0.3) is 0 Å². The Kier molecular flexibility index (Phi) is 18.2. The molecule has 32 heavy (non-hydrogen) atoms. The lowest BCUT2D eigenvalue weighted by Gasteiger charge is -2.18.